The van der Waals surface area contributed by atoms with Gasteiger partial charge in [-0.15, -0.1) is 0 Å². The minimum atomic E-state index is -0.845. The zero-order valence-corrected chi connectivity index (χ0v) is 15.2. The fraction of sp³-hybridized carbons (Fsp3) is 0.579. The second-order valence-corrected chi connectivity index (χ2v) is 6.39. The summed E-state index contributed by atoms with van der Waals surface area (Å²) in [5, 5.41) is 9.33. The van der Waals surface area contributed by atoms with E-state index in [1.165, 1.54) is 0 Å². The molecular weight excluding hydrogens is 322 g/mol. The van der Waals surface area contributed by atoms with Crippen LogP contribution in [0.25, 0.3) is 0 Å². The zero-order valence-electron chi connectivity index (χ0n) is 15.2. The van der Waals surface area contributed by atoms with Crippen LogP contribution in [0.3, 0.4) is 0 Å². The summed E-state index contributed by atoms with van der Waals surface area (Å²) in [6, 6.07) is 4.79. The molecular formula is C19H27NO5. The molecule has 1 aliphatic rings. The molecule has 1 amide bonds. The first kappa shape index (κ1) is 19.1. The highest BCUT2D eigenvalue weighted by molar-refractivity contribution is 5.95. The molecule has 138 valence electrons. The summed E-state index contributed by atoms with van der Waals surface area (Å²) in [7, 11) is 1.54. The van der Waals surface area contributed by atoms with E-state index in [4.69, 9.17) is 9.47 Å². The van der Waals surface area contributed by atoms with Gasteiger partial charge in [0.05, 0.1) is 19.6 Å². The van der Waals surface area contributed by atoms with Gasteiger partial charge in [-0.05, 0) is 44.4 Å². The Balaban J connectivity index is 2.17. The Morgan fingerprint density at radius 1 is 1.32 bits per heavy atom. The standard InChI is InChI=1S/C19H27NO5/c1-4-5-11-25-16-9-8-14(12-17(16)24-3)18(21)20-10-6-7-15(13(20)2)19(22)23/h8-9,12-13,15H,4-7,10-11H2,1-3H3,(H,22,23)/t13-,15-/m0/s1. The number of unbranched alkanes of at least 4 members (excludes halogenated alkanes) is 1. The fourth-order valence-corrected chi connectivity index (χ4v) is 3.17. The third-order valence-electron chi connectivity index (χ3n) is 4.73. The number of methoxy groups -OCH3 is 1. The van der Waals surface area contributed by atoms with Crippen LogP contribution in [0, 0.1) is 5.92 Å². The quantitative estimate of drug-likeness (QED) is 0.765. The Hall–Kier alpha value is -2.24. The summed E-state index contributed by atoms with van der Waals surface area (Å²) in [4.78, 5) is 25.9. The van der Waals surface area contributed by atoms with Crippen LogP contribution in [0.15, 0.2) is 18.2 Å². The number of hydrogen-bond donors (Lipinski definition) is 1. The highest BCUT2D eigenvalue weighted by atomic mass is 16.5. The van der Waals surface area contributed by atoms with Crippen LogP contribution in [0.2, 0.25) is 0 Å². The Morgan fingerprint density at radius 2 is 2.08 bits per heavy atom. The van der Waals surface area contributed by atoms with Gasteiger partial charge in [-0.2, -0.15) is 0 Å². The van der Waals surface area contributed by atoms with Crippen LogP contribution < -0.4 is 9.47 Å². The molecule has 6 heteroatoms. The summed E-state index contributed by atoms with van der Waals surface area (Å²) in [6.07, 6.45) is 3.29. The molecule has 1 fully saturated rings. The van der Waals surface area contributed by atoms with Gasteiger partial charge in [0.15, 0.2) is 11.5 Å². The van der Waals surface area contributed by atoms with E-state index in [-0.39, 0.29) is 11.9 Å². The maximum Gasteiger partial charge on any atom is 0.308 e. The molecule has 0 saturated carbocycles. The van der Waals surface area contributed by atoms with E-state index in [0.29, 0.717) is 43.1 Å². The highest BCUT2D eigenvalue weighted by Gasteiger charge is 2.35. The van der Waals surface area contributed by atoms with Crippen LogP contribution in [-0.2, 0) is 4.79 Å². The van der Waals surface area contributed by atoms with Gasteiger partial charge in [0.25, 0.3) is 5.91 Å². The molecule has 1 aliphatic heterocycles. The molecule has 0 bridgehead atoms. The topological polar surface area (TPSA) is 76.1 Å². The molecule has 6 nitrogen and oxygen atoms in total. The van der Waals surface area contributed by atoms with Crippen molar-refractivity contribution in [2.75, 3.05) is 20.3 Å². The summed E-state index contributed by atoms with van der Waals surface area (Å²) < 4.78 is 11.0. The van der Waals surface area contributed by atoms with Crippen molar-refractivity contribution in [1.82, 2.24) is 4.90 Å². The smallest absolute Gasteiger partial charge is 0.308 e. The number of carboxylic acids is 1. The number of ether oxygens (including phenoxy) is 2. The predicted molar refractivity (Wildman–Crippen MR) is 94.3 cm³/mol. The number of aliphatic carboxylic acids is 1. The lowest BCUT2D eigenvalue weighted by Gasteiger charge is -2.37. The van der Waals surface area contributed by atoms with Gasteiger partial charge in [-0.25, -0.2) is 0 Å². The Labute approximate surface area is 148 Å². The summed E-state index contributed by atoms with van der Waals surface area (Å²) in [5.41, 5.74) is 0.484. The van der Waals surface area contributed by atoms with Crippen molar-refractivity contribution in [3.8, 4) is 11.5 Å². The van der Waals surface area contributed by atoms with E-state index >= 15 is 0 Å². The average Bonchev–Trinajstić information content (AvgIpc) is 2.61. The predicted octanol–water partition coefficient (Wildman–Crippen LogP) is 3.20. The average molecular weight is 349 g/mol. The molecule has 1 aromatic rings. The number of benzene rings is 1. The minimum Gasteiger partial charge on any atom is -0.493 e. The molecule has 1 aromatic carbocycles. The molecule has 25 heavy (non-hydrogen) atoms. The summed E-state index contributed by atoms with van der Waals surface area (Å²) >= 11 is 0. The molecule has 0 aliphatic carbocycles. The van der Waals surface area contributed by atoms with Crippen LogP contribution in [-0.4, -0.2) is 48.2 Å². The highest BCUT2D eigenvalue weighted by Crippen LogP contribution is 2.31. The van der Waals surface area contributed by atoms with Crippen molar-refractivity contribution < 1.29 is 24.2 Å². The SMILES string of the molecule is CCCCOc1ccc(C(=O)N2CCC[C@H](C(=O)O)[C@@H]2C)cc1OC. The Morgan fingerprint density at radius 3 is 2.72 bits per heavy atom. The van der Waals surface area contributed by atoms with Crippen LogP contribution >= 0.6 is 0 Å². The number of carbonyl (C=O) groups is 2. The van der Waals surface area contributed by atoms with Gasteiger partial charge in [-0.1, -0.05) is 13.3 Å². The zero-order chi connectivity index (χ0) is 18.4. The van der Waals surface area contributed by atoms with E-state index < -0.39 is 11.9 Å². The lowest BCUT2D eigenvalue weighted by atomic mass is 9.90. The second-order valence-electron chi connectivity index (χ2n) is 6.39. The second kappa shape index (κ2) is 8.74. The van der Waals surface area contributed by atoms with Gasteiger partial charge in [-0.3, -0.25) is 9.59 Å². The largest absolute Gasteiger partial charge is 0.493 e. The van der Waals surface area contributed by atoms with Crippen molar-refractivity contribution in [3.05, 3.63) is 23.8 Å². The lowest BCUT2D eigenvalue weighted by Crippen LogP contribution is -2.49. The molecule has 2 atom stereocenters. The Kier molecular flexibility index (Phi) is 6.67. The number of rotatable bonds is 7. The molecule has 0 aromatic heterocycles. The first-order valence-corrected chi connectivity index (χ1v) is 8.84. The van der Waals surface area contributed by atoms with Crippen LogP contribution in [0.4, 0.5) is 0 Å². The fourth-order valence-electron chi connectivity index (χ4n) is 3.17. The van der Waals surface area contributed by atoms with E-state index in [0.717, 1.165) is 12.8 Å². The first-order valence-electron chi connectivity index (χ1n) is 8.84. The van der Waals surface area contributed by atoms with Crippen LogP contribution in [0.1, 0.15) is 49.9 Å². The molecule has 1 saturated heterocycles. The third-order valence-corrected chi connectivity index (χ3v) is 4.73. The minimum absolute atomic E-state index is 0.170. The molecule has 1 N–H and O–H groups in total. The summed E-state index contributed by atoms with van der Waals surface area (Å²) in [6.45, 7) is 5.06. The van der Waals surface area contributed by atoms with E-state index in [1.54, 1.807) is 37.1 Å². The molecule has 0 unspecified atom stereocenters. The number of hydrogen-bond acceptors (Lipinski definition) is 4. The van der Waals surface area contributed by atoms with Crippen molar-refractivity contribution >= 4 is 11.9 Å². The Bertz CT molecular complexity index is 616. The van der Waals surface area contributed by atoms with Crippen molar-refractivity contribution in [2.45, 2.75) is 45.6 Å². The number of likely N-dealkylation sites (tertiary alicyclic amines) is 1. The normalized spacial score (nSPS) is 20.2. The number of carboxylic acid groups (broad SMARTS) is 1. The van der Waals surface area contributed by atoms with Gasteiger partial charge < -0.3 is 19.5 Å². The first-order chi connectivity index (χ1) is 12.0. The lowest BCUT2D eigenvalue weighted by molar-refractivity contribution is -0.144. The van der Waals surface area contributed by atoms with Gasteiger partial charge in [0.2, 0.25) is 0 Å². The van der Waals surface area contributed by atoms with Crippen molar-refractivity contribution in [1.29, 1.82) is 0 Å². The van der Waals surface area contributed by atoms with Crippen molar-refractivity contribution in [2.24, 2.45) is 5.92 Å². The third kappa shape index (κ3) is 4.44. The molecule has 1 heterocycles. The van der Waals surface area contributed by atoms with Crippen LogP contribution in [0.5, 0.6) is 11.5 Å². The maximum atomic E-state index is 12.9. The van der Waals surface area contributed by atoms with Gasteiger partial charge in [0, 0.05) is 18.2 Å². The molecule has 2 rings (SSSR count). The maximum absolute atomic E-state index is 12.9. The monoisotopic (exact) mass is 349 g/mol. The van der Waals surface area contributed by atoms with Gasteiger partial charge in [0.1, 0.15) is 0 Å². The van der Waals surface area contributed by atoms with E-state index in [2.05, 4.69) is 6.92 Å². The number of carbonyl (C=O) groups excluding carboxylic acids is 1. The molecule has 0 spiro atoms. The molecule has 0 radical (unpaired) electrons. The van der Waals surface area contributed by atoms with Gasteiger partial charge >= 0.3 is 5.97 Å². The number of piperidine rings is 1. The van der Waals surface area contributed by atoms with Crippen molar-refractivity contribution in [3.63, 3.8) is 0 Å². The summed E-state index contributed by atoms with van der Waals surface area (Å²) in [5.74, 6) is -0.403. The van der Waals surface area contributed by atoms with E-state index in [9.17, 15) is 14.7 Å². The number of nitrogens with zero attached hydrogens (tertiary/aromatic N) is 1. The van der Waals surface area contributed by atoms with E-state index in [1.807, 2.05) is 0 Å². The number of amides is 1.